The standard InChI is InChI=1S/C22H23N7OS/c1-14-10-15(2)29(26-14)21-12-20(24-16(3)25-21)27-6-8-28(9-7-27)22(30)17-4-5-18-19(11-17)31-13-23-18/h4-5,10-13H,6-9H2,1-3H3. The number of piperazine rings is 1. The molecule has 1 saturated heterocycles. The minimum Gasteiger partial charge on any atom is -0.353 e. The number of hydrogen-bond donors (Lipinski definition) is 0. The molecule has 0 atom stereocenters. The van der Waals surface area contributed by atoms with E-state index in [-0.39, 0.29) is 5.91 Å². The van der Waals surface area contributed by atoms with Crippen molar-refractivity contribution < 1.29 is 4.79 Å². The van der Waals surface area contributed by atoms with E-state index in [0.717, 1.165) is 51.9 Å². The van der Waals surface area contributed by atoms with Crippen molar-refractivity contribution in [1.29, 1.82) is 0 Å². The molecule has 0 N–H and O–H groups in total. The van der Waals surface area contributed by atoms with E-state index < -0.39 is 0 Å². The Morgan fingerprint density at radius 1 is 0.968 bits per heavy atom. The maximum Gasteiger partial charge on any atom is 0.254 e. The number of hydrogen-bond acceptors (Lipinski definition) is 7. The summed E-state index contributed by atoms with van der Waals surface area (Å²) in [5, 5.41) is 4.55. The maximum atomic E-state index is 13.0. The van der Waals surface area contributed by atoms with E-state index in [1.807, 2.05) is 66.2 Å². The zero-order valence-corrected chi connectivity index (χ0v) is 18.6. The van der Waals surface area contributed by atoms with Crippen molar-refractivity contribution in [2.75, 3.05) is 31.1 Å². The van der Waals surface area contributed by atoms with Gasteiger partial charge in [-0.3, -0.25) is 4.79 Å². The van der Waals surface area contributed by atoms with Gasteiger partial charge in [-0.05, 0) is 45.0 Å². The molecule has 4 heterocycles. The van der Waals surface area contributed by atoms with E-state index in [9.17, 15) is 4.79 Å². The van der Waals surface area contributed by atoms with Gasteiger partial charge in [-0.2, -0.15) is 5.10 Å². The van der Waals surface area contributed by atoms with Gasteiger partial charge in [-0.25, -0.2) is 19.6 Å². The van der Waals surface area contributed by atoms with Crippen molar-refractivity contribution in [2.24, 2.45) is 0 Å². The molecule has 3 aromatic heterocycles. The van der Waals surface area contributed by atoms with Gasteiger partial charge in [0.1, 0.15) is 11.6 Å². The Morgan fingerprint density at radius 3 is 2.48 bits per heavy atom. The van der Waals surface area contributed by atoms with Crippen molar-refractivity contribution in [3.05, 3.63) is 58.6 Å². The molecule has 4 aromatic rings. The molecular weight excluding hydrogens is 410 g/mol. The Hall–Kier alpha value is -3.33. The lowest BCUT2D eigenvalue weighted by Gasteiger charge is -2.35. The van der Waals surface area contributed by atoms with Crippen LogP contribution in [0.15, 0.2) is 35.8 Å². The average molecular weight is 434 g/mol. The smallest absolute Gasteiger partial charge is 0.254 e. The third kappa shape index (κ3) is 3.76. The van der Waals surface area contributed by atoms with Gasteiger partial charge in [0.05, 0.1) is 21.4 Å². The van der Waals surface area contributed by atoms with Crippen molar-refractivity contribution in [1.82, 2.24) is 29.6 Å². The maximum absolute atomic E-state index is 13.0. The molecule has 1 aliphatic rings. The lowest BCUT2D eigenvalue weighted by molar-refractivity contribution is 0.0746. The highest BCUT2D eigenvalue weighted by Crippen LogP contribution is 2.22. The number of carbonyl (C=O) groups is 1. The lowest BCUT2D eigenvalue weighted by Crippen LogP contribution is -2.49. The van der Waals surface area contributed by atoms with E-state index in [1.54, 1.807) is 11.3 Å². The lowest BCUT2D eigenvalue weighted by atomic mass is 10.1. The number of fused-ring (bicyclic) bond motifs is 1. The fourth-order valence-corrected chi connectivity index (χ4v) is 4.69. The van der Waals surface area contributed by atoms with Crippen molar-refractivity contribution in [2.45, 2.75) is 20.8 Å². The highest BCUT2D eigenvalue weighted by atomic mass is 32.1. The van der Waals surface area contributed by atoms with Crippen LogP contribution >= 0.6 is 11.3 Å². The van der Waals surface area contributed by atoms with Crippen molar-refractivity contribution in [3.8, 4) is 5.82 Å². The second-order valence-corrected chi connectivity index (χ2v) is 8.67. The van der Waals surface area contributed by atoms with Crippen LogP contribution < -0.4 is 4.90 Å². The Labute approximate surface area is 184 Å². The number of rotatable bonds is 3. The largest absolute Gasteiger partial charge is 0.353 e. The molecule has 9 heteroatoms. The average Bonchev–Trinajstić information content (AvgIpc) is 3.37. The molecule has 0 unspecified atom stereocenters. The number of anilines is 1. The van der Waals surface area contributed by atoms with Crippen LogP contribution in [-0.2, 0) is 0 Å². The predicted octanol–water partition coefficient (Wildman–Crippen LogP) is 3.16. The van der Waals surface area contributed by atoms with Gasteiger partial charge >= 0.3 is 0 Å². The predicted molar refractivity (Wildman–Crippen MR) is 121 cm³/mol. The monoisotopic (exact) mass is 433 g/mol. The van der Waals surface area contributed by atoms with Gasteiger partial charge < -0.3 is 9.80 Å². The van der Waals surface area contributed by atoms with Crippen molar-refractivity contribution >= 4 is 33.3 Å². The van der Waals surface area contributed by atoms with Crippen LogP contribution in [0.5, 0.6) is 0 Å². The fourth-order valence-electron chi connectivity index (χ4n) is 3.98. The molecule has 0 spiro atoms. The topological polar surface area (TPSA) is 80.0 Å². The second kappa shape index (κ2) is 7.73. The van der Waals surface area contributed by atoms with E-state index in [1.165, 1.54) is 0 Å². The van der Waals surface area contributed by atoms with E-state index >= 15 is 0 Å². The summed E-state index contributed by atoms with van der Waals surface area (Å²) in [6, 6.07) is 9.73. The highest BCUT2D eigenvalue weighted by Gasteiger charge is 2.24. The quantitative estimate of drug-likeness (QED) is 0.494. The minimum atomic E-state index is 0.0668. The number of carbonyl (C=O) groups excluding carboxylic acids is 1. The minimum absolute atomic E-state index is 0.0668. The molecular formula is C22H23N7OS. The summed E-state index contributed by atoms with van der Waals surface area (Å²) >= 11 is 1.56. The summed E-state index contributed by atoms with van der Waals surface area (Å²) in [6.45, 7) is 8.64. The number of aryl methyl sites for hydroxylation is 3. The van der Waals surface area contributed by atoms with Gasteiger partial charge in [0.2, 0.25) is 0 Å². The van der Waals surface area contributed by atoms with Crippen LogP contribution in [0.1, 0.15) is 27.6 Å². The zero-order chi connectivity index (χ0) is 21.5. The summed E-state index contributed by atoms with van der Waals surface area (Å²) in [5.41, 5.74) is 5.45. The third-order valence-electron chi connectivity index (χ3n) is 5.51. The molecule has 8 nitrogen and oxygen atoms in total. The summed E-state index contributed by atoms with van der Waals surface area (Å²) < 4.78 is 2.89. The van der Waals surface area contributed by atoms with Gasteiger partial charge in [0.15, 0.2) is 5.82 Å². The van der Waals surface area contributed by atoms with Crippen LogP contribution in [0.25, 0.3) is 16.0 Å². The summed E-state index contributed by atoms with van der Waals surface area (Å²) in [4.78, 5) is 30.6. The van der Waals surface area contributed by atoms with Crippen molar-refractivity contribution in [3.63, 3.8) is 0 Å². The molecule has 1 aliphatic heterocycles. The number of benzene rings is 1. The molecule has 1 fully saturated rings. The first-order valence-electron chi connectivity index (χ1n) is 10.2. The van der Waals surface area contributed by atoms with Crippen LogP contribution in [-0.4, -0.2) is 61.7 Å². The van der Waals surface area contributed by atoms with Crippen LogP contribution in [0.4, 0.5) is 5.82 Å². The molecule has 5 rings (SSSR count). The normalized spacial score (nSPS) is 14.4. The molecule has 0 aliphatic carbocycles. The number of thiazole rings is 1. The molecule has 31 heavy (non-hydrogen) atoms. The molecule has 1 amide bonds. The Balaban J connectivity index is 1.32. The molecule has 0 saturated carbocycles. The molecule has 0 radical (unpaired) electrons. The number of aromatic nitrogens is 5. The molecule has 158 valence electrons. The van der Waals surface area contributed by atoms with E-state index in [2.05, 4.69) is 25.0 Å². The Bertz CT molecular complexity index is 1270. The van der Waals surface area contributed by atoms with Crippen LogP contribution in [0.2, 0.25) is 0 Å². The molecule has 1 aromatic carbocycles. The summed E-state index contributed by atoms with van der Waals surface area (Å²) in [5.74, 6) is 2.41. The SMILES string of the molecule is Cc1cc(C)n(-c2cc(N3CCN(C(=O)c4ccc5ncsc5c4)CC3)nc(C)n2)n1. The van der Waals surface area contributed by atoms with Gasteiger partial charge in [-0.1, -0.05) is 0 Å². The van der Waals surface area contributed by atoms with Gasteiger partial charge in [0, 0.05) is 43.5 Å². The van der Waals surface area contributed by atoms with Crippen LogP contribution in [0, 0.1) is 20.8 Å². The van der Waals surface area contributed by atoms with Gasteiger partial charge in [-0.15, -0.1) is 11.3 Å². The highest BCUT2D eigenvalue weighted by molar-refractivity contribution is 7.16. The first-order valence-corrected chi connectivity index (χ1v) is 11.1. The van der Waals surface area contributed by atoms with E-state index in [0.29, 0.717) is 18.9 Å². The summed E-state index contributed by atoms with van der Waals surface area (Å²) in [7, 11) is 0. The Kier molecular flexibility index (Phi) is 4.90. The van der Waals surface area contributed by atoms with Gasteiger partial charge in [0.25, 0.3) is 5.91 Å². The number of nitrogens with zero attached hydrogens (tertiary/aromatic N) is 7. The first-order chi connectivity index (χ1) is 15.0. The Morgan fingerprint density at radius 2 is 1.74 bits per heavy atom. The third-order valence-corrected chi connectivity index (χ3v) is 6.30. The zero-order valence-electron chi connectivity index (χ0n) is 17.7. The molecule has 0 bridgehead atoms. The fraction of sp³-hybridized carbons (Fsp3) is 0.318. The number of amides is 1. The van der Waals surface area contributed by atoms with E-state index in [4.69, 9.17) is 0 Å². The van der Waals surface area contributed by atoms with Crippen LogP contribution in [0.3, 0.4) is 0 Å². The second-order valence-electron chi connectivity index (χ2n) is 7.78. The first kappa shape index (κ1) is 19.6. The summed E-state index contributed by atoms with van der Waals surface area (Å²) in [6.07, 6.45) is 0.